The van der Waals surface area contributed by atoms with E-state index < -0.39 is 15.3 Å². The summed E-state index contributed by atoms with van der Waals surface area (Å²) in [6.45, 7) is 1.72. The van der Waals surface area contributed by atoms with Gasteiger partial charge in [-0.15, -0.1) is 5.10 Å². The summed E-state index contributed by atoms with van der Waals surface area (Å²) in [5, 5.41) is 12.4. The van der Waals surface area contributed by atoms with Crippen molar-refractivity contribution in [3.8, 4) is 5.69 Å². The van der Waals surface area contributed by atoms with Crippen molar-refractivity contribution < 1.29 is 13.2 Å². The summed E-state index contributed by atoms with van der Waals surface area (Å²) in [4.78, 5) is 12.4. The first kappa shape index (κ1) is 21.9. The van der Waals surface area contributed by atoms with Gasteiger partial charge in [0.05, 0.1) is 15.8 Å². The number of hydrogen-bond acceptors (Lipinski definition) is 7. The topological polar surface area (TPSA) is 107 Å². The minimum absolute atomic E-state index is 0.0738. The zero-order valence-corrected chi connectivity index (χ0v) is 18.9. The highest BCUT2D eigenvalue weighted by atomic mass is 35.5. The van der Waals surface area contributed by atoms with Crippen LogP contribution in [0.4, 0.5) is 5.69 Å². The highest BCUT2D eigenvalue weighted by Gasteiger charge is 2.18. The molecule has 3 aromatic rings. The predicted molar refractivity (Wildman–Crippen MR) is 119 cm³/mol. The third kappa shape index (κ3) is 5.65. The Balaban J connectivity index is 1.71. The first-order valence-corrected chi connectivity index (χ1v) is 12.1. The van der Waals surface area contributed by atoms with Crippen LogP contribution in [-0.2, 0) is 14.8 Å². The molecule has 152 valence electrons. The highest BCUT2D eigenvalue weighted by Crippen LogP contribution is 2.28. The lowest BCUT2D eigenvalue weighted by Gasteiger charge is -2.11. The van der Waals surface area contributed by atoms with E-state index in [4.69, 9.17) is 29.0 Å². The van der Waals surface area contributed by atoms with Crippen LogP contribution in [0.3, 0.4) is 0 Å². The minimum Gasteiger partial charge on any atom is -0.325 e. The average Bonchev–Trinajstić information content (AvgIpc) is 3.02. The largest absolute Gasteiger partial charge is 0.325 e. The van der Waals surface area contributed by atoms with E-state index in [0.29, 0.717) is 19.0 Å². The second kappa shape index (κ2) is 8.94. The number of benzene rings is 2. The molecule has 0 saturated carbocycles. The van der Waals surface area contributed by atoms with Crippen molar-refractivity contribution in [2.75, 3.05) is 5.32 Å². The third-order valence-electron chi connectivity index (χ3n) is 3.68. The fraction of sp³-hybridized carbons (Fsp3) is 0.118. The second-order valence-electron chi connectivity index (χ2n) is 5.84. The summed E-state index contributed by atoms with van der Waals surface area (Å²) in [6.07, 6.45) is 0. The second-order valence-corrected chi connectivity index (χ2v) is 11.1. The van der Waals surface area contributed by atoms with Crippen LogP contribution >= 0.6 is 46.9 Å². The number of carbonyl (C=O) groups excluding carboxylic acids is 1. The van der Waals surface area contributed by atoms with Gasteiger partial charge in [-0.1, -0.05) is 40.8 Å². The molecule has 1 amide bonds. The molecule has 0 aliphatic carbocycles. The lowest BCUT2D eigenvalue weighted by Crippen LogP contribution is -2.22. The van der Waals surface area contributed by atoms with Crippen LogP contribution in [0.1, 0.15) is 6.92 Å². The van der Waals surface area contributed by atoms with Gasteiger partial charge in [0.15, 0.2) is 8.29 Å². The molecule has 0 bridgehead atoms. The maximum Gasteiger partial charge on any atom is 0.238 e. The number of nitrogens with one attached hydrogen (secondary N) is 1. The van der Waals surface area contributed by atoms with Crippen molar-refractivity contribution in [1.82, 2.24) is 9.78 Å². The molecule has 0 aliphatic heterocycles. The van der Waals surface area contributed by atoms with E-state index in [1.54, 1.807) is 41.9 Å². The molecule has 3 rings (SSSR count). The summed E-state index contributed by atoms with van der Waals surface area (Å²) < 4.78 is 25.7. The first-order chi connectivity index (χ1) is 13.6. The average molecular weight is 487 g/mol. The first-order valence-electron chi connectivity index (χ1n) is 8.10. The molecule has 2 aromatic carbocycles. The number of thioether (sulfide) groups is 1. The van der Waals surface area contributed by atoms with Crippen molar-refractivity contribution in [1.29, 1.82) is 0 Å². The number of primary sulfonamides is 1. The van der Waals surface area contributed by atoms with E-state index in [1.165, 1.54) is 41.3 Å². The minimum atomic E-state index is -3.85. The molecular formula is C17H15ClN4O3S4. The molecule has 29 heavy (non-hydrogen) atoms. The maximum absolute atomic E-state index is 12.5. The summed E-state index contributed by atoms with van der Waals surface area (Å²) in [5.74, 6) is -0.305. The number of nitrogens with two attached hydrogens (primary N) is 1. The highest BCUT2D eigenvalue weighted by molar-refractivity contribution is 8.02. The SMILES string of the molecule is CC(Sc1nn(-c2ccc(Cl)cc2)c(=S)s1)C(=O)Nc1cccc(S(N)(=O)=O)c1. The quantitative estimate of drug-likeness (QED) is 0.401. The Morgan fingerprint density at radius 2 is 2.00 bits per heavy atom. The predicted octanol–water partition coefficient (Wildman–Crippen LogP) is 4.08. The number of aromatic nitrogens is 2. The smallest absolute Gasteiger partial charge is 0.238 e. The van der Waals surface area contributed by atoms with Crippen LogP contribution in [0.2, 0.25) is 5.02 Å². The Bertz CT molecular complexity index is 1210. The summed E-state index contributed by atoms with van der Waals surface area (Å²) in [7, 11) is -3.85. The van der Waals surface area contributed by atoms with Gasteiger partial charge in [0.1, 0.15) is 0 Å². The Labute approximate surface area is 185 Å². The van der Waals surface area contributed by atoms with Crippen LogP contribution in [-0.4, -0.2) is 29.4 Å². The summed E-state index contributed by atoms with van der Waals surface area (Å²) >= 11 is 13.8. The van der Waals surface area contributed by atoms with Gasteiger partial charge in [-0.3, -0.25) is 4.79 Å². The van der Waals surface area contributed by atoms with Gasteiger partial charge in [-0.2, -0.15) is 0 Å². The fourth-order valence-electron chi connectivity index (χ4n) is 2.25. The summed E-state index contributed by atoms with van der Waals surface area (Å²) in [6, 6.07) is 12.9. The van der Waals surface area contributed by atoms with Crippen molar-refractivity contribution >= 4 is 68.5 Å². The number of rotatable bonds is 6. The lowest BCUT2D eigenvalue weighted by atomic mass is 10.3. The van der Waals surface area contributed by atoms with Gasteiger partial charge in [-0.25, -0.2) is 18.2 Å². The lowest BCUT2D eigenvalue weighted by molar-refractivity contribution is -0.115. The molecule has 0 fully saturated rings. The zero-order chi connectivity index (χ0) is 21.2. The van der Waals surface area contributed by atoms with Gasteiger partial charge in [0.2, 0.25) is 15.9 Å². The van der Waals surface area contributed by atoms with Gasteiger partial charge in [0.25, 0.3) is 0 Å². The molecule has 1 aromatic heterocycles. The van der Waals surface area contributed by atoms with Crippen molar-refractivity contribution in [3.63, 3.8) is 0 Å². The molecule has 0 radical (unpaired) electrons. The number of halogens is 1. The Hall–Kier alpha value is -1.76. The molecule has 0 aliphatic rings. The molecule has 3 N–H and O–H groups in total. The van der Waals surface area contributed by atoms with Crippen LogP contribution in [0.25, 0.3) is 5.69 Å². The summed E-state index contributed by atoms with van der Waals surface area (Å²) in [5.41, 5.74) is 1.12. The molecule has 7 nitrogen and oxygen atoms in total. The van der Waals surface area contributed by atoms with E-state index in [-0.39, 0.29) is 10.8 Å². The molecule has 1 heterocycles. The Morgan fingerprint density at radius 1 is 1.31 bits per heavy atom. The van der Waals surface area contributed by atoms with E-state index in [9.17, 15) is 13.2 Å². The number of amides is 1. The molecular weight excluding hydrogens is 472 g/mol. The van der Waals surface area contributed by atoms with Gasteiger partial charge in [0, 0.05) is 10.7 Å². The van der Waals surface area contributed by atoms with E-state index >= 15 is 0 Å². The monoisotopic (exact) mass is 486 g/mol. The Kier molecular flexibility index (Phi) is 6.76. The number of hydrogen-bond donors (Lipinski definition) is 2. The normalized spacial score (nSPS) is 12.5. The van der Waals surface area contributed by atoms with Gasteiger partial charge < -0.3 is 5.32 Å². The number of nitrogens with zero attached hydrogens (tertiary/aromatic N) is 2. The molecule has 0 saturated heterocycles. The molecule has 12 heteroatoms. The number of anilines is 1. The van der Waals surface area contributed by atoms with Crippen LogP contribution in [0.15, 0.2) is 57.8 Å². The standard InChI is InChI=1S/C17H15ClN4O3S4/c1-10(15(23)20-12-3-2-4-14(9-12)29(19,24)25)27-16-21-22(17(26)28-16)13-7-5-11(18)6-8-13/h2-10H,1H3,(H,20,23)(H2,19,24,25). The van der Waals surface area contributed by atoms with Crippen molar-refractivity contribution in [2.45, 2.75) is 21.4 Å². The van der Waals surface area contributed by atoms with E-state index in [2.05, 4.69) is 10.4 Å². The van der Waals surface area contributed by atoms with Crippen LogP contribution in [0, 0.1) is 3.95 Å². The maximum atomic E-state index is 12.5. The third-order valence-corrected chi connectivity index (χ3v) is 7.26. The van der Waals surface area contributed by atoms with E-state index in [0.717, 1.165) is 5.69 Å². The van der Waals surface area contributed by atoms with Crippen LogP contribution < -0.4 is 10.5 Å². The zero-order valence-electron chi connectivity index (χ0n) is 14.9. The van der Waals surface area contributed by atoms with Crippen LogP contribution in [0.5, 0.6) is 0 Å². The Morgan fingerprint density at radius 3 is 2.66 bits per heavy atom. The van der Waals surface area contributed by atoms with Crippen molar-refractivity contribution in [2.24, 2.45) is 5.14 Å². The number of carbonyl (C=O) groups is 1. The molecule has 0 spiro atoms. The molecule has 1 unspecified atom stereocenters. The van der Waals surface area contributed by atoms with E-state index in [1.807, 2.05) is 0 Å². The van der Waals surface area contributed by atoms with Gasteiger partial charge >= 0.3 is 0 Å². The number of sulfonamides is 1. The van der Waals surface area contributed by atoms with Gasteiger partial charge in [-0.05, 0) is 61.6 Å². The fourth-order valence-corrected chi connectivity index (χ4v) is 5.44. The van der Waals surface area contributed by atoms with Crippen molar-refractivity contribution in [3.05, 3.63) is 57.5 Å². The molecule has 1 atom stereocenters.